The number of ether oxygens (including phenoxy) is 2. The van der Waals surface area contributed by atoms with Gasteiger partial charge in [0.25, 0.3) is 5.69 Å². The Morgan fingerprint density at radius 3 is 2.55 bits per heavy atom. The van der Waals surface area contributed by atoms with E-state index in [1.54, 1.807) is 0 Å². The molecule has 0 aromatic heterocycles. The fourth-order valence-corrected chi connectivity index (χ4v) is 3.06. The second kappa shape index (κ2) is 9.50. The zero-order valence-corrected chi connectivity index (χ0v) is 15.9. The first-order valence-corrected chi connectivity index (χ1v) is 9.23. The minimum atomic E-state index is -4.38. The highest BCUT2D eigenvalue weighted by molar-refractivity contribution is 7.98. The summed E-state index contributed by atoms with van der Waals surface area (Å²) in [6.45, 7) is 0. The maximum Gasteiger partial charge on any atom is 0.397 e. The van der Waals surface area contributed by atoms with E-state index in [0.29, 0.717) is 17.3 Å². The summed E-state index contributed by atoms with van der Waals surface area (Å²) >= 11 is 0.526. The number of thioether (sulfide) groups is 1. The first-order valence-electron chi connectivity index (χ1n) is 8.07. The van der Waals surface area contributed by atoms with Crippen LogP contribution in [-0.2, 0) is 21.7 Å². The molecule has 0 unspecified atom stereocenters. The van der Waals surface area contributed by atoms with E-state index in [-0.39, 0.29) is 40.7 Å². The summed E-state index contributed by atoms with van der Waals surface area (Å²) < 4.78 is 47.4. The number of alkyl halides is 3. The molecule has 2 rings (SSSR count). The van der Waals surface area contributed by atoms with Crippen LogP contribution in [0.25, 0.3) is 0 Å². The Labute approximate surface area is 167 Å². The number of aromatic hydroxyl groups is 1. The number of hydrogen-bond acceptors (Lipinski definition) is 7. The number of nitrogens with zero attached hydrogens (tertiary/aromatic N) is 1. The van der Waals surface area contributed by atoms with Crippen molar-refractivity contribution in [3.8, 4) is 17.2 Å². The van der Waals surface area contributed by atoms with Gasteiger partial charge in [-0.25, -0.2) is 0 Å². The number of methoxy groups -OCH3 is 1. The number of rotatable bonds is 8. The minimum Gasteiger partial charge on any atom is -0.504 e. The van der Waals surface area contributed by atoms with Crippen LogP contribution in [0.3, 0.4) is 0 Å². The predicted molar refractivity (Wildman–Crippen MR) is 99.2 cm³/mol. The monoisotopic (exact) mass is 431 g/mol. The smallest absolute Gasteiger partial charge is 0.397 e. The van der Waals surface area contributed by atoms with Crippen LogP contribution in [0, 0.1) is 10.1 Å². The largest absolute Gasteiger partial charge is 0.504 e. The van der Waals surface area contributed by atoms with Crippen LogP contribution in [0.2, 0.25) is 0 Å². The normalized spacial score (nSPS) is 11.2. The van der Waals surface area contributed by atoms with Crippen molar-refractivity contribution in [2.75, 3.05) is 12.9 Å². The van der Waals surface area contributed by atoms with Gasteiger partial charge in [0.1, 0.15) is 5.75 Å². The van der Waals surface area contributed by atoms with Crippen LogP contribution < -0.4 is 4.74 Å². The van der Waals surface area contributed by atoms with Crippen molar-refractivity contribution >= 4 is 23.4 Å². The molecule has 0 aliphatic heterocycles. The summed E-state index contributed by atoms with van der Waals surface area (Å²) in [5.74, 6) is -2.11. The lowest BCUT2D eigenvalue weighted by Gasteiger charge is -2.13. The van der Waals surface area contributed by atoms with E-state index < -0.39 is 22.8 Å². The molecular formula is C18H16F3NO6S. The van der Waals surface area contributed by atoms with Crippen molar-refractivity contribution in [1.82, 2.24) is 0 Å². The third kappa shape index (κ3) is 6.86. The molecule has 11 heteroatoms. The Morgan fingerprint density at radius 2 is 1.93 bits per heavy atom. The lowest BCUT2D eigenvalue weighted by molar-refractivity contribution is -0.384. The summed E-state index contributed by atoms with van der Waals surface area (Å²) in [6, 6.07) is 7.65. The molecule has 0 spiro atoms. The van der Waals surface area contributed by atoms with Gasteiger partial charge in [0.2, 0.25) is 0 Å². The maximum atomic E-state index is 12.4. The fraction of sp³-hybridized carbons (Fsp3) is 0.278. The number of nitro benzene ring substituents is 1. The van der Waals surface area contributed by atoms with Gasteiger partial charge in [0, 0.05) is 23.4 Å². The number of benzene rings is 2. The summed E-state index contributed by atoms with van der Waals surface area (Å²) in [7, 11) is 1.22. The van der Waals surface area contributed by atoms with Gasteiger partial charge >= 0.3 is 12.1 Å². The molecular weight excluding hydrogens is 415 g/mol. The number of hydrogen-bond donors (Lipinski definition) is 1. The Balaban J connectivity index is 2.30. The van der Waals surface area contributed by atoms with E-state index in [1.807, 2.05) is 0 Å². The molecule has 7 nitrogen and oxygen atoms in total. The van der Waals surface area contributed by atoms with E-state index >= 15 is 0 Å². The van der Waals surface area contributed by atoms with Gasteiger partial charge in [-0.3, -0.25) is 14.9 Å². The number of carbonyl (C=O) groups is 1. The molecule has 0 heterocycles. The number of esters is 1. The summed E-state index contributed by atoms with van der Waals surface area (Å²) in [5, 5.41) is 21.0. The lowest BCUT2D eigenvalue weighted by Crippen LogP contribution is -2.11. The number of phenolic OH excluding ortho intramolecular Hbond substituents is 1. The lowest BCUT2D eigenvalue weighted by atomic mass is 10.1. The predicted octanol–water partition coefficient (Wildman–Crippen LogP) is 4.60. The van der Waals surface area contributed by atoms with Gasteiger partial charge < -0.3 is 14.6 Å². The van der Waals surface area contributed by atoms with Crippen molar-refractivity contribution in [3.05, 3.63) is 57.6 Å². The molecule has 29 heavy (non-hydrogen) atoms. The fourth-order valence-electron chi connectivity index (χ4n) is 2.28. The third-order valence-corrected chi connectivity index (χ3v) is 4.65. The highest BCUT2D eigenvalue weighted by Crippen LogP contribution is 2.36. The van der Waals surface area contributed by atoms with Gasteiger partial charge in [-0.05, 0) is 23.8 Å². The van der Waals surface area contributed by atoms with Crippen LogP contribution in [0.1, 0.15) is 11.1 Å². The molecule has 0 saturated carbocycles. The number of nitro groups is 1. The summed E-state index contributed by atoms with van der Waals surface area (Å²) in [4.78, 5) is 21.7. The molecule has 2 aromatic rings. The van der Waals surface area contributed by atoms with Crippen molar-refractivity contribution in [3.63, 3.8) is 0 Å². The van der Waals surface area contributed by atoms with Crippen LogP contribution in [-0.4, -0.2) is 35.0 Å². The Morgan fingerprint density at radius 1 is 1.21 bits per heavy atom. The molecule has 0 amide bonds. The number of phenols is 1. The highest BCUT2D eigenvalue weighted by Gasteiger charge is 2.27. The Kier molecular flexibility index (Phi) is 7.32. The molecule has 0 radical (unpaired) electrons. The second-order valence-corrected chi connectivity index (χ2v) is 6.80. The maximum absolute atomic E-state index is 12.4. The van der Waals surface area contributed by atoms with Crippen LogP contribution in [0.15, 0.2) is 36.4 Å². The van der Waals surface area contributed by atoms with Gasteiger partial charge in [-0.1, -0.05) is 6.07 Å². The van der Waals surface area contributed by atoms with E-state index in [4.69, 9.17) is 4.74 Å². The third-order valence-electron chi connectivity index (χ3n) is 3.60. The van der Waals surface area contributed by atoms with Crippen LogP contribution in [0.5, 0.6) is 17.2 Å². The molecule has 0 atom stereocenters. The first-order chi connectivity index (χ1) is 13.6. The topological polar surface area (TPSA) is 98.9 Å². The highest BCUT2D eigenvalue weighted by atomic mass is 32.2. The molecule has 0 bridgehead atoms. The number of non-ortho nitro benzene ring substituents is 1. The molecule has 0 aliphatic carbocycles. The van der Waals surface area contributed by atoms with Gasteiger partial charge in [0.15, 0.2) is 11.5 Å². The molecule has 156 valence electrons. The van der Waals surface area contributed by atoms with Crippen LogP contribution in [0.4, 0.5) is 18.9 Å². The molecule has 0 fully saturated rings. The SMILES string of the molecule is COC(=O)Cc1ccc(O)c(Oc2ccc([N+](=O)[O-])cc2CSCC(F)(F)F)c1. The van der Waals surface area contributed by atoms with Crippen molar-refractivity contribution in [2.45, 2.75) is 18.3 Å². The second-order valence-electron chi connectivity index (χ2n) is 5.81. The van der Waals surface area contributed by atoms with E-state index in [0.717, 1.165) is 12.1 Å². The number of carbonyl (C=O) groups excluding carboxylic acids is 1. The average Bonchev–Trinajstić information content (AvgIpc) is 2.64. The molecule has 2 aromatic carbocycles. The zero-order valence-electron chi connectivity index (χ0n) is 15.1. The van der Waals surface area contributed by atoms with Crippen molar-refractivity contribution in [1.29, 1.82) is 0 Å². The van der Waals surface area contributed by atoms with Crippen molar-refractivity contribution in [2.24, 2.45) is 0 Å². The van der Waals surface area contributed by atoms with Crippen LogP contribution >= 0.6 is 11.8 Å². The van der Waals surface area contributed by atoms with E-state index in [1.165, 1.54) is 31.4 Å². The Bertz CT molecular complexity index is 904. The standard InChI is InChI=1S/C18H16F3NO6S/c1-27-17(24)7-11-2-4-14(23)16(6-11)28-15-5-3-13(22(25)26)8-12(15)9-29-10-18(19,20)21/h2-6,8,23H,7,9-10H2,1H3. The van der Waals surface area contributed by atoms with Crippen molar-refractivity contribution < 1.29 is 37.5 Å². The minimum absolute atomic E-state index is 0.0517. The zero-order chi connectivity index (χ0) is 21.6. The number of halogens is 3. The molecule has 0 saturated heterocycles. The molecule has 1 N–H and O–H groups in total. The van der Waals surface area contributed by atoms with Gasteiger partial charge in [-0.15, -0.1) is 11.8 Å². The average molecular weight is 431 g/mol. The Hall–Kier alpha value is -2.95. The van der Waals surface area contributed by atoms with Gasteiger partial charge in [-0.2, -0.15) is 13.2 Å². The quantitative estimate of drug-likeness (QED) is 0.370. The first kappa shape index (κ1) is 22.3. The van der Waals surface area contributed by atoms with E-state index in [2.05, 4.69) is 4.74 Å². The summed E-state index contributed by atoms with van der Waals surface area (Å²) in [5.41, 5.74) is 0.328. The van der Waals surface area contributed by atoms with E-state index in [9.17, 15) is 33.2 Å². The van der Waals surface area contributed by atoms with Gasteiger partial charge in [0.05, 0.1) is 24.2 Å². The molecule has 0 aliphatic rings. The summed E-state index contributed by atoms with van der Waals surface area (Å²) in [6.07, 6.45) is -4.46.